The van der Waals surface area contributed by atoms with Crippen LogP contribution in [-0.2, 0) is 4.79 Å². The van der Waals surface area contributed by atoms with Crippen molar-refractivity contribution < 1.29 is 9.53 Å². The fourth-order valence-electron chi connectivity index (χ4n) is 3.24. The van der Waals surface area contributed by atoms with Crippen molar-refractivity contribution in [1.82, 2.24) is 10.2 Å². The number of halogens is 2. The summed E-state index contributed by atoms with van der Waals surface area (Å²) in [5.74, 6) is 1.51. The van der Waals surface area contributed by atoms with E-state index in [-0.39, 0.29) is 30.7 Å². The molecule has 1 aromatic carbocycles. The summed E-state index contributed by atoms with van der Waals surface area (Å²) >= 11 is 0. The van der Waals surface area contributed by atoms with Crippen LogP contribution in [0.25, 0.3) is 0 Å². The molecule has 1 aromatic rings. The van der Waals surface area contributed by atoms with Crippen LogP contribution in [0.15, 0.2) is 24.3 Å². The Morgan fingerprint density at radius 1 is 1.19 bits per heavy atom. The Hall–Kier alpha value is -1.01. The fraction of sp³-hybridized carbons (Fsp3) is 0.650. The molecule has 7 heteroatoms. The van der Waals surface area contributed by atoms with Gasteiger partial charge < -0.3 is 20.3 Å². The number of likely N-dealkylation sites (N-methyl/N-ethyl adjacent to an activating group) is 1. The van der Waals surface area contributed by atoms with Crippen LogP contribution in [0.4, 0.5) is 5.69 Å². The average Bonchev–Trinajstić information content (AvgIpc) is 2.66. The van der Waals surface area contributed by atoms with E-state index in [4.69, 9.17) is 4.74 Å². The van der Waals surface area contributed by atoms with Gasteiger partial charge in [0.05, 0.1) is 5.69 Å². The molecule has 2 N–H and O–H groups in total. The number of nitrogens with zero attached hydrogens (tertiary/aromatic N) is 1. The minimum absolute atomic E-state index is 0. The van der Waals surface area contributed by atoms with Crippen molar-refractivity contribution in [3.63, 3.8) is 0 Å². The van der Waals surface area contributed by atoms with Gasteiger partial charge in [0.1, 0.15) is 12.4 Å². The predicted molar refractivity (Wildman–Crippen MR) is 118 cm³/mol. The highest BCUT2D eigenvalue weighted by Crippen LogP contribution is 2.25. The molecule has 1 saturated heterocycles. The molecule has 0 aromatic heterocycles. The topological polar surface area (TPSA) is 53.6 Å². The van der Waals surface area contributed by atoms with Gasteiger partial charge in [-0.05, 0) is 63.5 Å². The van der Waals surface area contributed by atoms with Gasteiger partial charge in [0, 0.05) is 13.0 Å². The lowest BCUT2D eigenvalue weighted by atomic mass is 9.93. The average molecular weight is 420 g/mol. The highest BCUT2D eigenvalue weighted by molar-refractivity contribution is 5.92. The van der Waals surface area contributed by atoms with Gasteiger partial charge in [-0.25, -0.2) is 0 Å². The molecule has 5 nitrogen and oxygen atoms in total. The summed E-state index contributed by atoms with van der Waals surface area (Å²) in [6.45, 7) is 10.0. The first-order valence-electron chi connectivity index (χ1n) is 9.67. The SMILES string of the molecule is CCN(CC)CCOc1ccccc1NC(=O)CCC1CCNCC1.Cl.Cl. The maximum absolute atomic E-state index is 12.3. The van der Waals surface area contributed by atoms with Gasteiger partial charge in [-0.3, -0.25) is 4.79 Å². The first-order valence-corrected chi connectivity index (χ1v) is 9.67. The van der Waals surface area contributed by atoms with Crippen LogP contribution in [0.5, 0.6) is 5.75 Å². The van der Waals surface area contributed by atoms with E-state index in [2.05, 4.69) is 29.4 Å². The van der Waals surface area contributed by atoms with E-state index < -0.39 is 0 Å². The van der Waals surface area contributed by atoms with E-state index in [9.17, 15) is 4.79 Å². The molecule has 2 rings (SSSR count). The van der Waals surface area contributed by atoms with Crippen molar-refractivity contribution >= 4 is 36.4 Å². The fourth-order valence-corrected chi connectivity index (χ4v) is 3.24. The largest absolute Gasteiger partial charge is 0.490 e. The van der Waals surface area contributed by atoms with Crippen LogP contribution in [0.3, 0.4) is 0 Å². The number of carbonyl (C=O) groups excluding carboxylic acids is 1. The molecule has 0 spiro atoms. The van der Waals surface area contributed by atoms with E-state index in [0.717, 1.165) is 50.6 Å². The molecule has 1 heterocycles. The molecule has 27 heavy (non-hydrogen) atoms. The number of anilines is 1. The number of amides is 1. The molecular weight excluding hydrogens is 385 g/mol. The second-order valence-electron chi connectivity index (χ2n) is 6.65. The third kappa shape index (κ3) is 9.65. The first-order chi connectivity index (χ1) is 12.2. The Kier molecular flexibility index (Phi) is 14.4. The summed E-state index contributed by atoms with van der Waals surface area (Å²) < 4.78 is 5.90. The highest BCUT2D eigenvalue weighted by atomic mass is 35.5. The molecule has 0 aliphatic carbocycles. The van der Waals surface area contributed by atoms with E-state index in [1.165, 1.54) is 12.8 Å². The summed E-state index contributed by atoms with van der Waals surface area (Å²) in [6, 6.07) is 7.71. The van der Waals surface area contributed by atoms with Crippen LogP contribution in [0, 0.1) is 5.92 Å². The standard InChI is InChI=1S/C20H33N3O2.2ClH/c1-3-23(4-2)15-16-25-19-8-6-5-7-18(19)22-20(24)10-9-17-11-13-21-14-12-17;;/h5-8,17,21H,3-4,9-16H2,1-2H3,(H,22,24);2*1H. The van der Waals surface area contributed by atoms with Crippen molar-refractivity contribution in [3.05, 3.63) is 24.3 Å². The quantitative estimate of drug-likeness (QED) is 0.602. The molecule has 1 fully saturated rings. The smallest absolute Gasteiger partial charge is 0.224 e. The molecule has 0 bridgehead atoms. The zero-order valence-electron chi connectivity index (χ0n) is 16.5. The highest BCUT2D eigenvalue weighted by Gasteiger charge is 2.15. The van der Waals surface area contributed by atoms with Crippen LogP contribution in [-0.4, -0.2) is 50.1 Å². The van der Waals surface area contributed by atoms with Crippen LogP contribution >= 0.6 is 24.8 Å². The lowest BCUT2D eigenvalue weighted by molar-refractivity contribution is -0.116. The number of hydrogen-bond donors (Lipinski definition) is 2. The summed E-state index contributed by atoms with van der Waals surface area (Å²) in [4.78, 5) is 14.6. The number of para-hydroxylation sites is 2. The zero-order valence-corrected chi connectivity index (χ0v) is 18.2. The number of benzene rings is 1. The van der Waals surface area contributed by atoms with Crippen LogP contribution in [0.1, 0.15) is 39.5 Å². The summed E-state index contributed by atoms with van der Waals surface area (Å²) in [6.07, 6.45) is 3.91. The minimum atomic E-state index is 0. The number of nitrogens with one attached hydrogen (secondary N) is 2. The minimum Gasteiger partial charge on any atom is -0.490 e. The predicted octanol–water partition coefficient (Wildman–Crippen LogP) is 3.97. The molecule has 1 aliphatic rings. The summed E-state index contributed by atoms with van der Waals surface area (Å²) in [5, 5.41) is 6.39. The molecular formula is C20H35Cl2N3O2. The van der Waals surface area contributed by atoms with Crippen molar-refractivity contribution in [3.8, 4) is 5.75 Å². The number of piperidine rings is 1. The van der Waals surface area contributed by atoms with E-state index in [0.29, 0.717) is 18.9 Å². The van der Waals surface area contributed by atoms with Crippen molar-refractivity contribution in [2.45, 2.75) is 39.5 Å². The molecule has 0 unspecified atom stereocenters. The van der Waals surface area contributed by atoms with Crippen molar-refractivity contribution in [2.24, 2.45) is 5.92 Å². The Labute approximate surface area is 176 Å². The van der Waals surface area contributed by atoms with Gasteiger partial charge in [-0.15, -0.1) is 24.8 Å². The summed E-state index contributed by atoms with van der Waals surface area (Å²) in [5.41, 5.74) is 0.775. The van der Waals surface area contributed by atoms with Gasteiger partial charge in [0.25, 0.3) is 0 Å². The molecule has 0 radical (unpaired) electrons. The lowest BCUT2D eigenvalue weighted by Gasteiger charge is -2.22. The number of rotatable bonds is 10. The molecule has 1 amide bonds. The van der Waals surface area contributed by atoms with Crippen molar-refractivity contribution in [1.29, 1.82) is 0 Å². The number of carbonyl (C=O) groups is 1. The Morgan fingerprint density at radius 2 is 1.85 bits per heavy atom. The van der Waals surface area contributed by atoms with Gasteiger partial charge in [-0.2, -0.15) is 0 Å². The lowest BCUT2D eigenvalue weighted by Crippen LogP contribution is -2.28. The molecule has 156 valence electrons. The zero-order chi connectivity index (χ0) is 17.9. The van der Waals surface area contributed by atoms with Gasteiger partial charge in [-0.1, -0.05) is 26.0 Å². The normalized spacial score (nSPS) is 14.2. The maximum Gasteiger partial charge on any atom is 0.224 e. The van der Waals surface area contributed by atoms with E-state index in [1.54, 1.807) is 0 Å². The van der Waals surface area contributed by atoms with E-state index >= 15 is 0 Å². The Balaban J connectivity index is 0.00000338. The van der Waals surface area contributed by atoms with Gasteiger partial charge in [0.15, 0.2) is 0 Å². The van der Waals surface area contributed by atoms with Gasteiger partial charge in [0.2, 0.25) is 5.91 Å². The van der Waals surface area contributed by atoms with E-state index in [1.807, 2.05) is 24.3 Å². The second kappa shape index (κ2) is 15.0. The number of hydrogen-bond acceptors (Lipinski definition) is 4. The first kappa shape index (κ1) is 26.0. The number of ether oxygens (including phenoxy) is 1. The third-order valence-electron chi connectivity index (χ3n) is 4.96. The molecule has 0 atom stereocenters. The van der Waals surface area contributed by atoms with Gasteiger partial charge >= 0.3 is 0 Å². The van der Waals surface area contributed by atoms with Crippen molar-refractivity contribution in [2.75, 3.05) is 44.6 Å². The molecule has 1 aliphatic heterocycles. The summed E-state index contributed by atoms with van der Waals surface area (Å²) in [7, 11) is 0. The Bertz CT molecular complexity index is 522. The maximum atomic E-state index is 12.3. The third-order valence-corrected chi connectivity index (χ3v) is 4.96. The van der Waals surface area contributed by atoms with Crippen LogP contribution in [0.2, 0.25) is 0 Å². The monoisotopic (exact) mass is 419 g/mol. The second-order valence-corrected chi connectivity index (χ2v) is 6.65. The molecule has 0 saturated carbocycles. The Morgan fingerprint density at radius 3 is 2.52 bits per heavy atom. The van der Waals surface area contributed by atoms with Crippen LogP contribution < -0.4 is 15.4 Å².